The molecule has 0 saturated carbocycles. The van der Waals surface area contributed by atoms with Crippen LogP contribution in [0.4, 0.5) is 0 Å². The largest absolute Gasteiger partial charge is 0.355 e. The van der Waals surface area contributed by atoms with Crippen molar-refractivity contribution >= 4 is 5.91 Å². The third-order valence-electron chi connectivity index (χ3n) is 3.09. The number of amides is 1. The van der Waals surface area contributed by atoms with Gasteiger partial charge >= 0.3 is 0 Å². The van der Waals surface area contributed by atoms with Gasteiger partial charge < -0.3 is 5.32 Å². The molecule has 0 aliphatic heterocycles. The first-order valence-electron chi connectivity index (χ1n) is 6.66. The van der Waals surface area contributed by atoms with Crippen LogP contribution in [0.5, 0.6) is 0 Å². The molecule has 0 radical (unpaired) electrons. The van der Waals surface area contributed by atoms with Crippen molar-refractivity contribution in [3.05, 3.63) is 70.8 Å². The molecule has 2 nitrogen and oxygen atoms in total. The standard InChI is InChI=1S/C18H17NO/c1-3-14-4-6-15(7-5-14)8-9-16-10-12-17(13-11-16)18(20)19-2/h4-7,10-13H,3H2,1-2H3,(H,19,20). The topological polar surface area (TPSA) is 29.1 Å². The van der Waals surface area contributed by atoms with Crippen molar-refractivity contribution in [3.8, 4) is 11.8 Å². The van der Waals surface area contributed by atoms with Crippen LogP contribution in [0, 0.1) is 11.8 Å². The molecule has 1 N–H and O–H groups in total. The van der Waals surface area contributed by atoms with Crippen LogP contribution in [0.15, 0.2) is 48.5 Å². The van der Waals surface area contributed by atoms with Gasteiger partial charge in [0.2, 0.25) is 0 Å². The Hall–Kier alpha value is -2.53. The number of rotatable bonds is 2. The zero-order chi connectivity index (χ0) is 14.4. The summed E-state index contributed by atoms with van der Waals surface area (Å²) in [6.45, 7) is 2.13. The number of carbonyl (C=O) groups excluding carboxylic acids is 1. The van der Waals surface area contributed by atoms with Crippen molar-refractivity contribution in [2.24, 2.45) is 0 Å². The molecule has 1 amide bonds. The second-order valence-electron chi connectivity index (χ2n) is 4.46. The molecule has 0 unspecified atom stereocenters. The molecule has 2 rings (SSSR count). The smallest absolute Gasteiger partial charge is 0.251 e. The Labute approximate surface area is 119 Å². The van der Waals surface area contributed by atoms with Crippen molar-refractivity contribution < 1.29 is 4.79 Å². The maximum absolute atomic E-state index is 11.4. The quantitative estimate of drug-likeness (QED) is 0.829. The molecular weight excluding hydrogens is 246 g/mol. The molecule has 100 valence electrons. The highest BCUT2D eigenvalue weighted by Crippen LogP contribution is 2.06. The third-order valence-corrected chi connectivity index (χ3v) is 3.09. The normalized spacial score (nSPS) is 9.50. The lowest BCUT2D eigenvalue weighted by Gasteiger charge is -1.98. The molecule has 20 heavy (non-hydrogen) atoms. The van der Waals surface area contributed by atoms with E-state index in [1.807, 2.05) is 24.3 Å². The van der Waals surface area contributed by atoms with Crippen LogP contribution in [0.3, 0.4) is 0 Å². The van der Waals surface area contributed by atoms with Crippen molar-refractivity contribution in [1.29, 1.82) is 0 Å². The van der Waals surface area contributed by atoms with E-state index in [0.29, 0.717) is 5.56 Å². The van der Waals surface area contributed by atoms with Crippen LogP contribution in [0.1, 0.15) is 34.0 Å². The predicted molar refractivity (Wildman–Crippen MR) is 81.6 cm³/mol. The zero-order valence-electron chi connectivity index (χ0n) is 11.7. The molecule has 0 atom stereocenters. The summed E-state index contributed by atoms with van der Waals surface area (Å²) in [5, 5.41) is 2.59. The predicted octanol–water partition coefficient (Wildman–Crippen LogP) is 3.01. The van der Waals surface area contributed by atoms with E-state index in [-0.39, 0.29) is 5.91 Å². The van der Waals surface area contributed by atoms with Crippen molar-refractivity contribution in [2.75, 3.05) is 7.05 Å². The van der Waals surface area contributed by atoms with Crippen molar-refractivity contribution in [3.63, 3.8) is 0 Å². The molecule has 2 heteroatoms. The van der Waals surface area contributed by atoms with Gasteiger partial charge in [0.25, 0.3) is 5.91 Å². The minimum atomic E-state index is -0.0836. The van der Waals surface area contributed by atoms with Crippen LogP contribution in [0.25, 0.3) is 0 Å². The summed E-state index contributed by atoms with van der Waals surface area (Å²) in [5.74, 6) is 6.14. The minimum Gasteiger partial charge on any atom is -0.355 e. The molecule has 0 aromatic heterocycles. The van der Waals surface area contributed by atoms with E-state index in [4.69, 9.17) is 0 Å². The Morgan fingerprint density at radius 3 is 1.90 bits per heavy atom. The van der Waals surface area contributed by atoms with Crippen LogP contribution >= 0.6 is 0 Å². The van der Waals surface area contributed by atoms with E-state index in [1.54, 1.807) is 19.2 Å². The van der Waals surface area contributed by atoms with Crippen LogP contribution in [-0.2, 0) is 6.42 Å². The molecule has 0 heterocycles. The van der Waals surface area contributed by atoms with E-state index in [0.717, 1.165) is 17.5 Å². The highest BCUT2D eigenvalue weighted by molar-refractivity contribution is 5.94. The number of aryl methyl sites for hydroxylation is 1. The average molecular weight is 263 g/mol. The van der Waals surface area contributed by atoms with Crippen LogP contribution in [0.2, 0.25) is 0 Å². The van der Waals surface area contributed by atoms with Gasteiger partial charge in [0, 0.05) is 23.7 Å². The second-order valence-corrected chi connectivity index (χ2v) is 4.46. The Kier molecular flexibility index (Phi) is 4.57. The summed E-state index contributed by atoms with van der Waals surface area (Å²) in [4.78, 5) is 11.4. The fraction of sp³-hybridized carbons (Fsp3) is 0.167. The molecule has 0 fully saturated rings. The molecular formula is C18H17NO. The molecule has 2 aromatic carbocycles. The summed E-state index contributed by atoms with van der Waals surface area (Å²) in [5.41, 5.74) is 3.85. The summed E-state index contributed by atoms with van der Waals surface area (Å²) < 4.78 is 0. The highest BCUT2D eigenvalue weighted by atomic mass is 16.1. The first kappa shape index (κ1) is 13.9. The van der Waals surface area contributed by atoms with E-state index in [9.17, 15) is 4.79 Å². The van der Waals surface area contributed by atoms with Gasteiger partial charge in [0.1, 0.15) is 0 Å². The van der Waals surface area contributed by atoms with Crippen molar-refractivity contribution in [2.45, 2.75) is 13.3 Å². The first-order chi connectivity index (χ1) is 9.72. The van der Waals surface area contributed by atoms with Gasteiger partial charge in [-0.05, 0) is 48.4 Å². The fourth-order valence-electron chi connectivity index (χ4n) is 1.82. The van der Waals surface area contributed by atoms with Gasteiger partial charge in [-0.3, -0.25) is 4.79 Å². The van der Waals surface area contributed by atoms with Crippen molar-refractivity contribution in [1.82, 2.24) is 5.32 Å². The lowest BCUT2D eigenvalue weighted by molar-refractivity contribution is 0.0963. The van der Waals surface area contributed by atoms with Gasteiger partial charge in [-0.2, -0.15) is 0 Å². The van der Waals surface area contributed by atoms with E-state index in [1.165, 1.54) is 5.56 Å². The number of benzene rings is 2. The summed E-state index contributed by atoms with van der Waals surface area (Å²) in [7, 11) is 1.62. The highest BCUT2D eigenvalue weighted by Gasteiger charge is 2.00. The zero-order valence-corrected chi connectivity index (χ0v) is 11.7. The van der Waals surface area contributed by atoms with E-state index >= 15 is 0 Å². The van der Waals surface area contributed by atoms with Gasteiger partial charge in [-0.1, -0.05) is 30.9 Å². The maximum Gasteiger partial charge on any atom is 0.251 e. The molecule has 0 saturated heterocycles. The number of hydrogen-bond acceptors (Lipinski definition) is 1. The molecule has 0 bridgehead atoms. The fourth-order valence-corrected chi connectivity index (χ4v) is 1.82. The molecule has 0 aliphatic rings. The lowest BCUT2D eigenvalue weighted by atomic mass is 10.1. The van der Waals surface area contributed by atoms with E-state index < -0.39 is 0 Å². The Balaban J connectivity index is 2.13. The van der Waals surface area contributed by atoms with Crippen LogP contribution < -0.4 is 5.32 Å². The SMILES string of the molecule is CCc1ccc(C#Cc2ccc(C(=O)NC)cc2)cc1. The summed E-state index contributed by atoms with van der Waals surface area (Å²) in [6.07, 6.45) is 1.04. The molecule has 0 aliphatic carbocycles. The van der Waals surface area contributed by atoms with Gasteiger partial charge in [-0.15, -0.1) is 0 Å². The Bertz CT molecular complexity index is 643. The number of hydrogen-bond donors (Lipinski definition) is 1. The molecule has 0 spiro atoms. The lowest BCUT2D eigenvalue weighted by Crippen LogP contribution is -2.17. The number of nitrogens with one attached hydrogen (secondary N) is 1. The Morgan fingerprint density at radius 2 is 1.45 bits per heavy atom. The van der Waals surface area contributed by atoms with E-state index in [2.05, 4.69) is 36.2 Å². The van der Waals surface area contributed by atoms with Gasteiger partial charge in [0.05, 0.1) is 0 Å². The first-order valence-corrected chi connectivity index (χ1v) is 6.66. The average Bonchev–Trinajstić information content (AvgIpc) is 2.53. The minimum absolute atomic E-state index is 0.0836. The summed E-state index contributed by atoms with van der Waals surface area (Å²) in [6, 6.07) is 15.5. The van der Waals surface area contributed by atoms with Gasteiger partial charge in [0.15, 0.2) is 0 Å². The van der Waals surface area contributed by atoms with Gasteiger partial charge in [-0.25, -0.2) is 0 Å². The number of carbonyl (C=O) groups is 1. The summed E-state index contributed by atoms with van der Waals surface area (Å²) >= 11 is 0. The monoisotopic (exact) mass is 263 g/mol. The van der Waals surface area contributed by atoms with Crippen LogP contribution in [-0.4, -0.2) is 13.0 Å². The Morgan fingerprint density at radius 1 is 0.950 bits per heavy atom. The maximum atomic E-state index is 11.4. The molecule has 2 aromatic rings. The third kappa shape index (κ3) is 3.49. The second kappa shape index (κ2) is 6.58.